The fourth-order valence-electron chi connectivity index (χ4n) is 3.03. The fourth-order valence-corrected chi connectivity index (χ4v) is 3.03. The average molecular weight is 310 g/mol. The van der Waals surface area contributed by atoms with Gasteiger partial charge in [0.15, 0.2) is 0 Å². The SMILES string of the molecule is O=C(Cc1ccncc1)N[C@H]1CCCN(Cc2cccnc2)C1. The minimum absolute atomic E-state index is 0.0874. The lowest BCUT2D eigenvalue weighted by Gasteiger charge is -2.33. The highest BCUT2D eigenvalue weighted by atomic mass is 16.1. The molecule has 120 valence electrons. The first-order chi connectivity index (χ1) is 11.3. The Hall–Kier alpha value is -2.27. The topological polar surface area (TPSA) is 58.1 Å². The van der Waals surface area contributed by atoms with E-state index in [4.69, 9.17) is 0 Å². The third kappa shape index (κ3) is 4.86. The summed E-state index contributed by atoms with van der Waals surface area (Å²) in [6, 6.07) is 8.06. The summed E-state index contributed by atoms with van der Waals surface area (Å²) in [5, 5.41) is 3.17. The van der Waals surface area contributed by atoms with Gasteiger partial charge in [0.05, 0.1) is 6.42 Å². The summed E-state index contributed by atoms with van der Waals surface area (Å²) in [6.45, 7) is 2.87. The Morgan fingerprint density at radius 2 is 2.04 bits per heavy atom. The minimum Gasteiger partial charge on any atom is -0.352 e. The van der Waals surface area contributed by atoms with Gasteiger partial charge in [-0.1, -0.05) is 6.07 Å². The summed E-state index contributed by atoms with van der Waals surface area (Å²) in [5.74, 6) is 0.0874. The van der Waals surface area contributed by atoms with Crippen molar-refractivity contribution >= 4 is 5.91 Å². The van der Waals surface area contributed by atoms with Gasteiger partial charge in [0, 0.05) is 43.9 Å². The quantitative estimate of drug-likeness (QED) is 0.915. The van der Waals surface area contributed by atoms with Crippen molar-refractivity contribution in [3.8, 4) is 0 Å². The van der Waals surface area contributed by atoms with E-state index in [-0.39, 0.29) is 11.9 Å². The molecule has 1 aliphatic rings. The largest absolute Gasteiger partial charge is 0.352 e. The molecule has 0 saturated carbocycles. The van der Waals surface area contributed by atoms with Crippen molar-refractivity contribution < 1.29 is 4.79 Å². The summed E-state index contributed by atoms with van der Waals surface area (Å²) in [7, 11) is 0. The molecule has 1 fully saturated rings. The molecule has 5 nitrogen and oxygen atoms in total. The molecule has 0 unspecified atom stereocenters. The smallest absolute Gasteiger partial charge is 0.224 e. The first kappa shape index (κ1) is 15.6. The van der Waals surface area contributed by atoms with E-state index >= 15 is 0 Å². The minimum atomic E-state index is 0.0874. The molecule has 3 rings (SSSR count). The van der Waals surface area contributed by atoms with Crippen LogP contribution in [0.25, 0.3) is 0 Å². The van der Waals surface area contributed by atoms with Crippen molar-refractivity contribution in [1.29, 1.82) is 0 Å². The zero-order chi connectivity index (χ0) is 15.9. The molecule has 0 aliphatic carbocycles. The van der Waals surface area contributed by atoms with Gasteiger partial charge in [0.2, 0.25) is 5.91 Å². The number of nitrogens with one attached hydrogen (secondary N) is 1. The molecule has 1 atom stereocenters. The van der Waals surface area contributed by atoms with Crippen LogP contribution in [0.15, 0.2) is 49.1 Å². The van der Waals surface area contributed by atoms with Gasteiger partial charge in [-0.2, -0.15) is 0 Å². The van der Waals surface area contributed by atoms with E-state index in [0.717, 1.165) is 38.0 Å². The summed E-state index contributed by atoms with van der Waals surface area (Å²) in [6.07, 6.45) is 9.72. The van der Waals surface area contributed by atoms with Crippen molar-refractivity contribution in [2.45, 2.75) is 31.8 Å². The normalized spacial score (nSPS) is 18.5. The van der Waals surface area contributed by atoms with Crippen LogP contribution in [-0.4, -0.2) is 39.9 Å². The first-order valence-corrected chi connectivity index (χ1v) is 8.09. The predicted molar refractivity (Wildman–Crippen MR) is 88.6 cm³/mol. The lowest BCUT2D eigenvalue weighted by Crippen LogP contribution is -2.47. The third-order valence-corrected chi connectivity index (χ3v) is 4.11. The Morgan fingerprint density at radius 1 is 1.17 bits per heavy atom. The van der Waals surface area contributed by atoms with Crippen molar-refractivity contribution in [1.82, 2.24) is 20.2 Å². The maximum absolute atomic E-state index is 12.2. The summed E-state index contributed by atoms with van der Waals surface area (Å²) < 4.78 is 0. The van der Waals surface area contributed by atoms with E-state index in [1.165, 1.54) is 5.56 Å². The molecular formula is C18H22N4O. The van der Waals surface area contributed by atoms with E-state index in [9.17, 15) is 4.79 Å². The summed E-state index contributed by atoms with van der Waals surface area (Å²) in [4.78, 5) is 22.7. The standard InChI is InChI=1S/C18H22N4O/c23-18(11-15-5-8-19-9-6-15)21-17-4-2-10-22(14-17)13-16-3-1-7-20-12-16/h1,3,5-9,12,17H,2,4,10-11,13-14H2,(H,21,23)/t17-/m0/s1. The zero-order valence-corrected chi connectivity index (χ0v) is 13.2. The molecule has 5 heteroatoms. The Balaban J connectivity index is 1.49. The molecule has 1 saturated heterocycles. The number of piperidine rings is 1. The number of rotatable bonds is 5. The van der Waals surface area contributed by atoms with Crippen molar-refractivity contribution in [3.63, 3.8) is 0 Å². The van der Waals surface area contributed by atoms with Crippen LogP contribution in [0.2, 0.25) is 0 Å². The highest BCUT2D eigenvalue weighted by Gasteiger charge is 2.21. The van der Waals surface area contributed by atoms with Crippen LogP contribution in [0.5, 0.6) is 0 Å². The third-order valence-electron chi connectivity index (χ3n) is 4.11. The van der Waals surface area contributed by atoms with E-state index < -0.39 is 0 Å². The molecule has 1 aliphatic heterocycles. The Morgan fingerprint density at radius 3 is 2.83 bits per heavy atom. The van der Waals surface area contributed by atoms with Crippen molar-refractivity contribution in [2.75, 3.05) is 13.1 Å². The number of likely N-dealkylation sites (tertiary alicyclic amines) is 1. The van der Waals surface area contributed by atoms with Crippen LogP contribution in [0.1, 0.15) is 24.0 Å². The second-order valence-electron chi connectivity index (χ2n) is 6.04. The fraction of sp³-hybridized carbons (Fsp3) is 0.389. The van der Waals surface area contributed by atoms with Gasteiger partial charge in [0.25, 0.3) is 0 Å². The Bertz CT molecular complexity index is 617. The molecule has 2 aromatic rings. The molecule has 0 bridgehead atoms. The van der Waals surface area contributed by atoms with E-state index in [2.05, 4.69) is 26.3 Å². The van der Waals surface area contributed by atoms with Crippen molar-refractivity contribution in [3.05, 3.63) is 60.2 Å². The monoisotopic (exact) mass is 310 g/mol. The number of hydrogen-bond donors (Lipinski definition) is 1. The average Bonchev–Trinajstić information content (AvgIpc) is 2.57. The van der Waals surface area contributed by atoms with Crippen LogP contribution >= 0.6 is 0 Å². The second kappa shape index (κ2) is 7.83. The van der Waals surface area contributed by atoms with Crippen LogP contribution in [0.3, 0.4) is 0 Å². The van der Waals surface area contributed by atoms with Crippen LogP contribution in [0, 0.1) is 0 Å². The lowest BCUT2D eigenvalue weighted by molar-refractivity contribution is -0.121. The van der Waals surface area contributed by atoms with E-state index in [0.29, 0.717) is 6.42 Å². The molecule has 1 amide bonds. The van der Waals surface area contributed by atoms with E-state index in [1.807, 2.05) is 24.4 Å². The van der Waals surface area contributed by atoms with Crippen LogP contribution < -0.4 is 5.32 Å². The van der Waals surface area contributed by atoms with Gasteiger partial charge in [-0.15, -0.1) is 0 Å². The molecule has 0 radical (unpaired) electrons. The van der Waals surface area contributed by atoms with Gasteiger partial charge in [-0.25, -0.2) is 0 Å². The molecular weight excluding hydrogens is 288 g/mol. The Kier molecular flexibility index (Phi) is 5.32. The number of nitrogens with zero attached hydrogens (tertiary/aromatic N) is 3. The molecule has 23 heavy (non-hydrogen) atoms. The lowest BCUT2D eigenvalue weighted by atomic mass is 10.0. The number of hydrogen-bond acceptors (Lipinski definition) is 4. The molecule has 1 N–H and O–H groups in total. The highest BCUT2D eigenvalue weighted by Crippen LogP contribution is 2.13. The van der Waals surface area contributed by atoms with Crippen LogP contribution in [-0.2, 0) is 17.8 Å². The molecule has 0 aromatic carbocycles. The number of carbonyl (C=O) groups excluding carboxylic acids is 1. The van der Waals surface area contributed by atoms with Gasteiger partial charge < -0.3 is 5.32 Å². The highest BCUT2D eigenvalue weighted by molar-refractivity contribution is 5.78. The van der Waals surface area contributed by atoms with E-state index in [1.54, 1.807) is 18.6 Å². The Labute approximate surface area is 136 Å². The predicted octanol–water partition coefficient (Wildman–Crippen LogP) is 1.80. The zero-order valence-electron chi connectivity index (χ0n) is 13.2. The second-order valence-corrected chi connectivity index (χ2v) is 6.04. The maximum Gasteiger partial charge on any atom is 0.224 e. The molecule has 0 spiro atoms. The van der Waals surface area contributed by atoms with Gasteiger partial charge in [-0.05, 0) is 48.7 Å². The summed E-state index contributed by atoms with van der Waals surface area (Å²) in [5.41, 5.74) is 2.22. The molecule has 2 aromatic heterocycles. The number of pyridine rings is 2. The van der Waals surface area contributed by atoms with Gasteiger partial charge in [0.1, 0.15) is 0 Å². The molecule has 3 heterocycles. The number of carbonyl (C=O) groups is 1. The van der Waals surface area contributed by atoms with Crippen molar-refractivity contribution in [2.24, 2.45) is 0 Å². The summed E-state index contributed by atoms with van der Waals surface area (Å²) >= 11 is 0. The number of amides is 1. The maximum atomic E-state index is 12.2. The first-order valence-electron chi connectivity index (χ1n) is 8.09. The van der Waals surface area contributed by atoms with Crippen LogP contribution in [0.4, 0.5) is 0 Å². The van der Waals surface area contributed by atoms with Gasteiger partial charge >= 0.3 is 0 Å². The number of aromatic nitrogens is 2. The van der Waals surface area contributed by atoms with Gasteiger partial charge in [-0.3, -0.25) is 19.7 Å².